The third-order valence-electron chi connectivity index (χ3n) is 3.10. The number of amides is 3. The first kappa shape index (κ1) is 16.2. The predicted molar refractivity (Wildman–Crippen MR) is 70.0 cm³/mol. The van der Waals surface area contributed by atoms with E-state index in [9.17, 15) is 14.4 Å². The smallest absolute Gasteiger partial charge is 0.326 e. The van der Waals surface area contributed by atoms with E-state index in [1.54, 1.807) is 7.05 Å². The van der Waals surface area contributed by atoms with Crippen molar-refractivity contribution >= 4 is 17.9 Å². The molecule has 0 bridgehead atoms. The molecule has 1 heterocycles. The molecule has 4 N–H and O–H groups in total. The summed E-state index contributed by atoms with van der Waals surface area (Å²) in [5.41, 5.74) is 4.95. The lowest BCUT2D eigenvalue weighted by atomic mass is 10.1. The van der Waals surface area contributed by atoms with Crippen LogP contribution >= 0.6 is 0 Å². The Kier molecular flexibility index (Phi) is 6.23. The standard InChI is InChI=1S/C12H21N3O5/c1-15(7-8-4-2-3-5-20-8)12(19)14-9(11(17)18)6-10(13)16/h8-9H,2-7H2,1H3,(H2,13,16)(H,14,19)(H,17,18). The fourth-order valence-electron chi connectivity index (χ4n) is 2.00. The number of likely N-dealkylation sites (N-methyl/N-ethyl adjacent to an activating group) is 1. The van der Waals surface area contributed by atoms with Crippen molar-refractivity contribution in [2.45, 2.75) is 37.8 Å². The molecule has 0 aromatic carbocycles. The van der Waals surface area contributed by atoms with Gasteiger partial charge in [0.15, 0.2) is 0 Å². The molecule has 8 heteroatoms. The minimum absolute atomic E-state index is 0.0288. The van der Waals surface area contributed by atoms with E-state index in [-0.39, 0.29) is 6.10 Å². The number of carboxylic acids is 1. The van der Waals surface area contributed by atoms with Gasteiger partial charge in [0.1, 0.15) is 6.04 Å². The number of rotatable bonds is 6. The molecule has 20 heavy (non-hydrogen) atoms. The second-order valence-electron chi connectivity index (χ2n) is 4.88. The number of nitrogens with two attached hydrogens (primary N) is 1. The Hall–Kier alpha value is -1.83. The average Bonchev–Trinajstić information content (AvgIpc) is 2.38. The fraction of sp³-hybridized carbons (Fsp3) is 0.750. The van der Waals surface area contributed by atoms with E-state index < -0.39 is 30.4 Å². The SMILES string of the molecule is CN(CC1CCCCO1)C(=O)NC(CC(N)=O)C(=O)O. The Morgan fingerprint density at radius 3 is 2.65 bits per heavy atom. The number of primary amides is 1. The van der Waals surface area contributed by atoms with E-state index in [4.69, 9.17) is 15.6 Å². The summed E-state index contributed by atoms with van der Waals surface area (Å²) in [7, 11) is 1.55. The molecule has 0 aliphatic carbocycles. The van der Waals surface area contributed by atoms with Crippen LogP contribution in [0.5, 0.6) is 0 Å². The normalized spacial score (nSPS) is 19.9. The molecule has 1 fully saturated rings. The van der Waals surface area contributed by atoms with Crippen LogP contribution in [0.25, 0.3) is 0 Å². The predicted octanol–water partition coefficient (Wildman–Crippen LogP) is -0.474. The molecule has 114 valence electrons. The van der Waals surface area contributed by atoms with Crippen LogP contribution in [-0.4, -0.2) is 60.3 Å². The molecule has 1 rings (SSSR count). The van der Waals surface area contributed by atoms with Gasteiger partial charge in [0.25, 0.3) is 0 Å². The molecular formula is C12H21N3O5. The van der Waals surface area contributed by atoms with Crippen LogP contribution < -0.4 is 11.1 Å². The van der Waals surface area contributed by atoms with Crippen LogP contribution in [0.15, 0.2) is 0 Å². The van der Waals surface area contributed by atoms with Gasteiger partial charge in [-0.15, -0.1) is 0 Å². The highest BCUT2D eigenvalue weighted by atomic mass is 16.5. The van der Waals surface area contributed by atoms with Gasteiger partial charge in [0.05, 0.1) is 12.5 Å². The van der Waals surface area contributed by atoms with Crippen LogP contribution in [0, 0.1) is 0 Å². The molecule has 3 amide bonds. The Morgan fingerprint density at radius 2 is 2.15 bits per heavy atom. The van der Waals surface area contributed by atoms with Crippen LogP contribution in [0.1, 0.15) is 25.7 Å². The van der Waals surface area contributed by atoms with Crippen molar-refractivity contribution < 1.29 is 24.2 Å². The van der Waals surface area contributed by atoms with E-state index in [0.29, 0.717) is 13.2 Å². The van der Waals surface area contributed by atoms with Gasteiger partial charge in [-0.1, -0.05) is 0 Å². The minimum atomic E-state index is -1.31. The van der Waals surface area contributed by atoms with Crippen molar-refractivity contribution in [1.29, 1.82) is 0 Å². The molecular weight excluding hydrogens is 266 g/mol. The van der Waals surface area contributed by atoms with Crippen LogP contribution in [0.3, 0.4) is 0 Å². The zero-order valence-electron chi connectivity index (χ0n) is 11.5. The number of aliphatic carboxylic acids is 1. The lowest BCUT2D eigenvalue weighted by molar-refractivity contribution is -0.140. The summed E-state index contributed by atoms with van der Waals surface area (Å²) in [5.74, 6) is -2.07. The molecule has 2 atom stereocenters. The summed E-state index contributed by atoms with van der Waals surface area (Å²) in [6, 6.07) is -1.87. The van der Waals surface area contributed by atoms with E-state index in [1.807, 2.05) is 0 Å². The number of hydrogen-bond acceptors (Lipinski definition) is 4. The van der Waals surface area contributed by atoms with Crippen LogP contribution in [-0.2, 0) is 14.3 Å². The third-order valence-corrected chi connectivity index (χ3v) is 3.10. The summed E-state index contributed by atoms with van der Waals surface area (Å²) in [6.45, 7) is 1.06. The van der Waals surface area contributed by atoms with Crippen molar-refractivity contribution in [2.75, 3.05) is 20.2 Å². The zero-order valence-corrected chi connectivity index (χ0v) is 11.5. The Morgan fingerprint density at radius 1 is 1.45 bits per heavy atom. The second kappa shape index (κ2) is 7.68. The number of ether oxygens (including phenoxy) is 1. The largest absolute Gasteiger partial charge is 0.480 e. The minimum Gasteiger partial charge on any atom is -0.480 e. The number of nitrogens with zero attached hydrogens (tertiary/aromatic N) is 1. The maximum absolute atomic E-state index is 11.9. The topological polar surface area (TPSA) is 122 Å². The molecule has 0 aromatic rings. The Bertz CT molecular complexity index is 368. The van der Waals surface area contributed by atoms with E-state index in [2.05, 4.69) is 5.32 Å². The van der Waals surface area contributed by atoms with Gasteiger partial charge in [-0.3, -0.25) is 4.79 Å². The number of carbonyl (C=O) groups excluding carboxylic acids is 2. The second-order valence-corrected chi connectivity index (χ2v) is 4.88. The molecule has 0 aromatic heterocycles. The third kappa shape index (κ3) is 5.43. The van der Waals surface area contributed by atoms with E-state index in [0.717, 1.165) is 19.3 Å². The number of carboxylic acid groups (broad SMARTS) is 1. The maximum atomic E-state index is 11.9. The zero-order chi connectivity index (χ0) is 15.1. The van der Waals surface area contributed by atoms with Gasteiger partial charge in [-0.05, 0) is 19.3 Å². The van der Waals surface area contributed by atoms with Gasteiger partial charge < -0.3 is 25.8 Å². The summed E-state index contributed by atoms with van der Waals surface area (Å²) in [5, 5.41) is 11.2. The first-order valence-electron chi connectivity index (χ1n) is 6.54. The van der Waals surface area contributed by atoms with Gasteiger partial charge in [0.2, 0.25) is 5.91 Å². The molecule has 0 saturated carbocycles. The van der Waals surface area contributed by atoms with Crippen LogP contribution in [0.4, 0.5) is 4.79 Å². The summed E-state index contributed by atoms with van der Waals surface area (Å²) >= 11 is 0. The molecule has 2 unspecified atom stereocenters. The average molecular weight is 287 g/mol. The van der Waals surface area contributed by atoms with Crippen molar-refractivity contribution in [3.8, 4) is 0 Å². The highest BCUT2D eigenvalue weighted by molar-refractivity contribution is 5.87. The number of carbonyl (C=O) groups is 3. The monoisotopic (exact) mass is 287 g/mol. The van der Waals surface area contributed by atoms with Crippen molar-refractivity contribution in [3.05, 3.63) is 0 Å². The van der Waals surface area contributed by atoms with Gasteiger partial charge in [0, 0.05) is 20.2 Å². The van der Waals surface area contributed by atoms with Gasteiger partial charge in [-0.2, -0.15) is 0 Å². The molecule has 1 aliphatic heterocycles. The lowest BCUT2D eigenvalue weighted by Crippen LogP contribution is -2.50. The van der Waals surface area contributed by atoms with Crippen molar-refractivity contribution in [1.82, 2.24) is 10.2 Å². The highest BCUT2D eigenvalue weighted by Crippen LogP contribution is 2.13. The quantitative estimate of drug-likeness (QED) is 0.609. The maximum Gasteiger partial charge on any atom is 0.326 e. The van der Waals surface area contributed by atoms with E-state index >= 15 is 0 Å². The first-order chi connectivity index (χ1) is 9.40. The number of nitrogens with one attached hydrogen (secondary N) is 1. The number of hydrogen-bond donors (Lipinski definition) is 3. The molecule has 8 nitrogen and oxygen atoms in total. The highest BCUT2D eigenvalue weighted by Gasteiger charge is 2.25. The Labute approximate surface area is 117 Å². The van der Waals surface area contributed by atoms with Gasteiger partial charge in [-0.25, -0.2) is 9.59 Å². The lowest BCUT2D eigenvalue weighted by Gasteiger charge is -2.28. The van der Waals surface area contributed by atoms with Crippen molar-refractivity contribution in [2.24, 2.45) is 5.73 Å². The van der Waals surface area contributed by atoms with Crippen LogP contribution in [0.2, 0.25) is 0 Å². The van der Waals surface area contributed by atoms with Crippen molar-refractivity contribution in [3.63, 3.8) is 0 Å². The first-order valence-corrected chi connectivity index (χ1v) is 6.54. The summed E-state index contributed by atoms with van der Waals surface area (Å²) in [4.78, 5) is 34.9. The summed E-state index contributed by atoms with van der Waals surface area (Å²) < 4.78 is 5.50. The number of urea groups is 1. The Balaban J connectivity index is 2.45. The fourth-order valence-corrected chi connectivity index (χ4v) is 2.00. The van der Waals surface area contributed by atoms with E-state index in [1.165, 1.54) is 4.90 Å². The summed E-state index contributed by atoms with van der Waals surface area (Å²) in [6.07, 6.45) is 2.49. The molecule has 1 saturated heterocycles. The molecule has 0 spiro atoms. The molecule has 0 radical (unpaired) electrons. The molecule has 1 aliphatic rings. The van der Waals surface area contributed by atoms with Gasteiger partial charge >= 0.3 is 12.0 Å².